The van der Waals surface area contributed by atoms with Gasteiger partial charge in [0.05, 0.1) is 11.2 Å². The molecule has 0 saturated carbocycles. The van der Waals surface area contributed by atoms with Crippen molar-refractivity contribution in [3.63, 3.8) is 0 Å². The predicted molar refractivity (Wildman–Crippen MR) is 62.7 cm³/mol. The molecule has 0 radical (unpaired) electrons. The van der Waals surface area contributed by atoms with Crippen LogP contribution in [0.1, 0.15) is 30.4 Å². The number of benzene rings is 1. The van der Waals surface area contributed by atoms with Gasteiger partial charge in [-0.15, -0.1) is 0 Å². The Morgan fingerprint density at radius 1 is 1.40 bits per heavy atom. The van der Waals surface area contributed by atoms with Crippen molar-refractivity contribution in [2.24, 2.45) is 0 Å². The molecule has 1 aromatic carbocycles. The lowest BCUT2D eigenvalue weighted by Crippen LogP contribution is -2.04. The molecule has 1 aromatic heterocycles. The molecule has 0 aliphatic carbocycles. The van der Waals surface area contributed by atoms with Crippen LogP contribution in [0.5, 0.6) is 0 Å². The van der Waals surface area contributed by atoms with E-state index in [1.807, 2.05) is 42.7 Å². The Labute approximate surface area is 93.5 Å². The first kappa shape index (κ1) is 10.2. The molecule has 0 atom stereocenters. The van der Waals surface area contributed by atoms with Gasteiger partial charge in [-0.1, -0.05) is 17.7 Å². The first-order chi connectivity index (χ1) is 7.15. The van der Waals surface area contributed by atoms with E-state index in [0.717, 1.165) is 17.2 Å². The fourth-order valence-corrected chi connectivity index (χ4v) is 2.13. The Morgan fingerprint density at radius 3 is 2.73 bits per heavy atom. The molecule has 0 fully saturated rings. The lowest BCUT2D eigenvalue weighted by molar-refractivity contribution is 0.111. The van der Waals surface area contributed by atoms with E-state index >= 15 is 0 Å². The van der Waals surface area contributed by atoms with Gasteiger partial charge in [-0.05, 0) is 32.0 Å². The molecular weight excluding hydrogens is 210 g/mol. The fraction of sp³-hybridized carbons (Fsp3) is 0.250. The van der Waals surface area contributed by atoms with Gasteiger partial charge in [0.25, 0.3) is 0 Å². The highest BCUT2D eigenvalue weighted by Gasteiger charge is 2.12. The summed E-state index contributed by atoms with van der Waals surface area (Å²) in [6, 6.07) is 7.81. The minimum Gasteiger partial charge on any atom is -0.336 e. The van der Waals surface area contributed by atoms with Gasteiger partial charge in [-0.3, -0.25) is 4.79 Å². The Kier molecular flexibility index (Phi) is 2.53. The van der Waals surface area contributed by atoms with Crippen LogP contribution < -0.4 is 0 Å². The van der Waals surface area contributed by atoms with Gasteiger partial charge in [-0.2, -0.15) is 0 Å². The van der Waals surface area contributed by atoms with Crippen molar-refractivity contribution in [2.45, 2.75) is 19.9 Å². The van der Waals surface area contributed by atoms with Gasteiger partial charge >= 0.3 is 0 Å². The summed E-state index contributed by atoms with van der Waals surface area (Å²) < 4.78 is 1.99. The minimum absolute atomic E-state index is 0.251. The smallest absolute Gasteiger partial charge is 0.166 e. The van der Waals surface area contributed by atoms with Gasteiger partial charge in [-0.25, -0.2) is 0 Å². The van der Waals surface area contributed by atoms with Gasteiger partial charge in [0, 0.05) is 16.5 Å². The number of aromatic nitrogens is 1. The molecule has 0 unspecified atom stereocenters. The molecule has 15 heavy (non-hydrogen) atoms. The number of carbonyl (C=O) groups is 1. The summed E-state index contributed by atoms with van der Waals surface area (Å²) in [5.74, 6) is 0. The van der Waals surface area contributed by atoms with Crippen LogP contribution in [0.25, 0.3) is 10.9 Å². The molecule has 0 N–H and O–H groups in total. The second-order valence-electron chi connectivity index (χ2n) is 3.82. The number of nitrogens with zero attached hydrogens (tertiary/aromatic N) is 1. The molecule has 0 aliphatic rings. The lowest BCUT2D eigenvalue weighted by Gasteiger charge is -2.11. The van der Waals surface area contributed by atoms with Crippen molar-refractivity contribution in [3.05, 3.63) is 35.0 Å². The normalized spacial score (nSPS) is 11.2. The SMILES string of the molecule is CC(C)n1c(C=O)cc2c(Cl)cccc21. The van der Waals surface area contributed by atoms with Crippen LogP contribution in [0.15, 0.2) is 24.3 Å². The van der Waals surface area contributed by atoms with E-state index in [0.29, 0.717) is 10.7 Å². The summed E-state index contributed by atoms with van der Waals surface area (Å²) in [5, 5.41) is 1.63. The quantitative estimate of drug-likeness (QED) is 0.709. The molecule has 78 valence electrons. The molecule has 2 nitrogen and oxygen atoms in total. The maximum absolute atomic E-state index is 10.9. The van der Waals surface area contributed by atoms with Gasteiger partial charge in [0.15, 0.2) is 6.29 Å². The molecule has 0 bridgehead atoms. The van der Waals surface area contributed by atoms with E-state index in [-0.39, 0.29) is 6.04 Å². The van der Waals surface area contributed by atoms with Crippen molar-refractivity contribution in [1.29, 1.82) is 0 Å². The van der Waals surface area contributed by atoms with Crippen molar-refractivity contribution in [3.8, 4) is 0 Å². The molecule has 0 spiro atoms. The highest BCUT2D eigenvalue weighted by Crippen LogP contribution is 2.28. The van der Waals surface area contributed by atoms with Gasteiger partial charge < -0.3 is 4.57 Å². The van der Waals surface area contributed by atoms with Gasteiger partial charge in [0.1, 0.15) is 0 Å². The zero-order valence-corrected chi connectivity index (χ0v) is 9.45. The summed E-state index contributed by atoms with van der Waals surface area (Å²) in [7, 11) is 0. The highest BCUT2D eigenvalue weighted by molar-refractivity contribution is 6.35. The van der Waals surface area contributed by atoms with Crippen molar-refractivity contribution in [2.75, 3.05) is 0 Å². The number of carbonyl (C=O) groups excluding carboxylic acids is 1. The summed E-state index contributed by atoms with van der Waals surface area (Å²) in [6.45, 7) is 4.10. The molecule has 2 aromatic rings. The van der Waals surface area contributed by atoms with Crippen LogP contribution in [0.4, 0.5) is 0 Å². The molecular formula is C12H12ClNO. The van der Waals surface area contributed by atoms with Crippen LogP contribution in [-0.4, -0.2) is 10.9 Å². The maximum atomic E-state index is 10.9. The third kappa shape index (κ3) is 1.55. The zero-order chi connectivity index (χ0) is 11.0. The van der Waals surface area contributed by atoms with Gasteiger partial charge in [0.2, 0.25) is 0 Å². The second kappa shape index (κ2) is 3.70. The number of hydrogen-bond acceptors (Lipinski definition) is 1. The molecule has 1 heterocycles. The molecule has 0 aliphatic heterocycles. The average Bonchev–Trinajstić information content (AvgIpc) is 2.57. The van der Waals surface area contributed by atoms with Crippen LogP contribution in [0.2, 0.25) is 5.02 Å². The Morgan fingerprint density at radius 2 is 2.13 bits per heavy atom. The highest BCUT2D eigenvalue weighted by atomic mass is 35.5. The van der Waals surface area contributed by atoms with Crippen molar-refractivity contribution in [1.82, 2.24) is 4.57 Å². The fourth-order valence-electron chi connectivity index (χ4n) is 1.90. The topological polar surface area (TPSA) is 22.0 Å². The standard InChI is InChI=1S/C12H12ClNO/c1-8(2)14-9(7-15)6-10-11(13)4-3-5-12(10)14/h3-8H,1-2H3. The Hall–Kier alpha value is -1.28. The summed E-state index contributed by atoms with van der Waals surface area (Å²) >= 11 is 6.07. The second-order valence-corrected chi connectivity index (χ2v) is 4.23. The van der Waals surface area contributed by atoms with E-state index in [9.17, 15) is 4.79 Å². The summed E-state index contributed by atoms with van der Waals surface area (Å²) in [6.07, 6.45) is 0.871. The lowest BCUT2D eigenvalue weighted by atomic mass is 10.2. The average molecular weight is 222 g/mol. The number of aldehydes is 1. The van der Waals surface area contributed by atoms with Crippen LogP contribution in [-0.2, 0) is 0 Å². The number of hydrogen-bond donors (Lipinski definition) is 0. The molecule has 2 rings (SSSR count). The maximum Gasteiger partial charge on any atom is 0.166 e. The molecule has 3 heteroatoms. The number of rotatable bonds is 2. The van der Waals surface area contributed by atoms with E-state index in [1.165, 1.54) is 0 Å². The summed E-state index contributed by atoms with van der Waals surface area (Å²) in [4.78, 5) is 10.9. The molecule has 0 amide bonds. The van der Waals surface area contributed by atoms with E-state index in [2.05, 4.69) is 0 Å². The minimum atomic E-state index is 0.251. The monoisotopic (exact) mass is 221 g/mol. The van der Waals surface area contributed by atoms with Crippen LogP contribution >= 0.6 is 11.6 Å². The first-order valence-corrected chi connectivity index (χ1v) is 5.27. The summed E-state index contributed by atoms with van der Waals surface area (Å²) in [5.41, 5.74) is 1.69. The van der Waals surface area contributed by atoms with Crippen LogP contribution in [0, 0.1) is 0 Å². The molecule has 0 saturated heterocycles. The van der Waals surface area contributed by atoms with Crippen molar-refractivity contribution < 1.29 is 4.79 Å². The van der Waals surface area contributed by atoms with Crippen LogP contribution in [0.3, 0.4) is 0 Å². The first-order valence-electron chi connectivity index (χ1n) is 4.89. The zero-order valence-electron chi connectivity index (χ0n) is 8.70. The number of fused-ring (bicyclic) bond motifs is 1. The van der Waals surface area contributed by atoms with Crippen molar-refractivity contribution >= 4 is 28.8 Å². The van der Waals surface area contributed by atoms with E-state index in [1.54, 1.807) is 0 Å². The Balaban J connectivity index is 2.86. The number of halogens is 1. The van der Waals surface area contributed by atoms with E-state index in [4.69, 9.17) is 11.6 Å². The third-order valence-electron chi connectivity index (χ3n) is 2.50. The van der Waals surface area contributed by atoms with E-state index < -0.39 is 0 Å². The predicted octanol–water partition coefficient (Wildman–Crippen LogP) is 3.69. The Bertz CT molecular complexity index is 514. The largest absolute Gasteiger partial charge is 0.336 e. The third-order valence-corrected chi connectivity index (χ3v) is 2.83.